The molecule has 1 aromatic carbocycles. The monoisotopic (exact) mass is 427 g/mol. The highest BCUT2D eigenvalue weighted by molar-refractivity contribution is 5.96. The second-order valence-corrected chi connectivity index (χ2v) is 7.02. The zero-order chi connectivity index (χ0) is 22.6. The van der Waals surface area contributed by atoms with Crippen molar-refractivity contribution in [1.82, 2.24) is 14.9 Å². The van der Waals surface area contributed by atoms with Gasteiger partial charge in [0.05, 0.1) is 24.1 Å². The number of carbonyl (C=O) groups is 2. The van der Waals surface area contributed by atoms with Crippen LogP contribution in [-0.4, -0.2) is 71.2 Å². The zero-order valence-corrected chi connectivity index (χ0v) is 17.1. The Balaban J connectivity index is 1.94. The molecule has 1 aliphatic heterocycles. The van der Waals surface area contributed by atoms with Crippen molar-refractivity contribution in [1.29, 1.82) is 0 Å². The maximum absolute atomic E-state index is 14.5. The molecule has 1 fully saturated rings. The predicted octanol–water partition coefficient (Wildman–Crippen LogP) is 0.385. The normalized spacial score (nSPS) is 17.9. The van der Waals surface area contributed by atoms with Crippen LogP contribution in [0.25, 0.3) is 11.4 Å². The molecule has 1 atom stereocenters. The summed E-state index contributed by atoms with van der Waals surface area (Å²) >= 11 is 0. The summed E-state index contributed by atoms with van der Waals surface area (Å²) < 4.78 is 19.4. The zero-order valence-electron chi connectivity index (χ0n) is 17.1. The molecule has 3 rings (SSSR count). The van der Waals surface area contributed by atoms with E-state index in [1.54, 1.807) is 7.05 Å². The van der Waals surface area contributed by atoms with E-state index in [2.05, 4.69) is 27.1 Å². The summed E-state index contributed by atoms with van der Waals surface area (Å²) in [5.41, 5.74) is 4.20. The van der Waals surface area contributed by atoms with E-state index in [0.29, 0.717) is 30.9 Å². The third-order valence-corrected chi connectivity index (χ3v) is 4.77. The summed E-state index contributed by atoms with van der Waals surface area (Å²) in [5, 5.41) is 13.4. The lowest BCUT2D eigenvalue weighted by atomic mass is 10.0. The lowest BCUT2D eigenvalue weighted by Gasteiger charge is -2.13. The summed E-state index contributed by atoms with van der Waals surface area (Å²) in [6, 6.07) is 3.96. The number of nitrogens with one attached hydrogen (secondary N) is 1. The molecular formula is C21H22FN5O4. The average molecular weight is 427 g/mol. The average Bonchev–Trinajstić information content (AvgIpc) is 3.01. The minimum absolute atomic E-state index is 0.000372. The summed E-state index contributed by atoms with van der Waals surface area (Å²) in [4.78, 5) is 33.5. The third kappa shape index (κ3) is 4.79. The van der Waals surface area contributed by atoms with Crippen LogP contribution in [0.2, 0.25) is 0 Å². The van der Waals surface area contributed by atoms with Crippen molar-refractivity contribution in [2.75, 3.05) is 39.2 Å². The van der Waals surface area contributed by atoms with Gasteiger partial charge in [-0.05, 0) is 18.2 Å². The maximum atomic E-state index is 14.5. The number of primary amides is 1. The number of hydrogen-bond acceptors (Lipinski definition) is 7. The van der Waals surface area contributed by atoms with Crippen molar-refractivity contribution in [3.05, 3.63) is 41.5 Å². The van der Waals surface area contributed by atoms with E-state index in [4.69, 9.17) is 10.5 Å². The van der Waals surface area contributed by atoms with Crippen molar-refractivity contribution in [2.45, 2.75) is 12.0 Å². The second kappa shape index (κ2) is 9.07. The predicted molar refractivity (Wildman–Crippen MR) is 110 cm³/mol. The summed E-state index contributed by atoms with van der Waals surface area (Å²) in [6.45, 7) is 1.18. The molecule has 0 aliphatic carbocycles. The molecule has 1 aliphatic rings. The first-order chi connectivity index (χ1) is 14.7. The van der Waals surface area contributed by atoms with Crippen LogP contribution in [0.4, 0.5) is 10.1 Å². The number of amides is 2. The molecule has 1 unspecified atom stereocenters. The maximum Gasteiger partial charge on any atom is 0.269 e. The van der Waals surface area contributed by atoms with Crippen LogP contribution < -0.4 is 11.1 Å². The molecule has 1 aromatic heterocycles. The highest BCUT2D eigenvalue weighted by atomic mass is 19.1. The quantitative estimate of drug-likeness (QED) is 0.449. The Morgan fingerprint density at radius 1 is 1.48 bits per heavy atom. The summed E-state index contributed by atoms with van der Waals surface area (Å²) in [6.07, 6.45) is 1.53. The molecule has 0 spiro atoms. The lowest BCUT2D eigenvalue weighted by Crippen LogP contribution is -2.37. The molecule has 31 heavy (non-hydrogen) atoms. The van der Waals surface area contributed by atoms with Gasteiger partial charge in [0, 0.05) is 39.2 Å². The van der Waals surface area contributed by atoms with Crippen LogP contribution in [0, 0.1) is 17.7 Å². The first-order valence-electron chi connectivity index (χ1n) is 9.46. The van der Waals surface area contributed by atoms with Crippen LogP contribution in [0.3, 0.4) is 0 Å². The summed E-state index contributed by atoms with van der Waals surface area (Å²) in [7, 11) is 3.12. The van der Waals surface area contributed by atoms with E-state index in [0.717, 1.165) is 0 Å². The van der Waals surface area contributed by atoms with Crippen LogP contribution in [-0.2, 0) is 9.53 Å². The second-order valence-electron chi connectivity index (χ2n) is 7.02. The molecule has 0 bridgehead atoms. The number of likely N-dealkylation sites (N-methyl/N-ethyl adjacent to an activating group) is 1. The van der Waals surface area contributed by atoms with Gasteiger partial charge in [0.15, 0.2) is 11.5 Å². The molecule has 4 N–H and O–H groups in total. The smallest absolute Gasteiger partial charge is 0.269 e. The molecule has 0 radical (unpaired) electrons. The number of nitrogens with two attached hydrogens (primary N) is 1. The number of hydrogen-bond donors (Lipinski definition) is 3. The van der Waals surface area contributed by atoms with Gasteiger partial charge in [-0.15, -0.1) is 0 Å². The van der Waals surface area contributed by atoms with Crippen molar-refractivity contribution in [3.63, 3.8) is 0 Å². The Morgan fingerprint density at radius 2 is 2.26 bits per heavy atom. The molecule has 10 heteroatoms. The molecule has 2 aromatic rings. The first kappa shape index (κ1) is 22.1. The van der Waals surface area contributed by atoms with Gasteiger partial charge in [-0.3, -0.25) is 9.59 Å². The number of rotatable bonds is 6. The molecule has 162 valence electrons. The Bertz CT molecular complexity index is 1080. The lowest BCUT2D eigenvalue weighted by molar-refractivity contribution is -0.137. The number of ether oxygens (including phenoxy) is 1. The molecule has 2 amide bonds. The number of aliphatic hydroxyl groups is 1. The van der Waals surface area contributed by atoms with E-state index in [1.807, 2.05) is 0 Å². The highest BCUT2D eigenvalue weighted by Crippen LogP contribution is 2.24. The Kier molecular flexibility index (Phi) is 6.48. The van der Waals surface area contributed by atoms with Crippen LogP contribution in [0.5, 0.6) is 0 Å². The van der Waals surface area contributed by atoms with Gasteiger partial charge in [0.1, 0.15) is 5.82 Å². The summed E-state index contributed by atoms with van der Waals surface area (Å²) in [5.74, 6) is 3.33. The van der Waals surface area contributed by atoms with Crippen molar-refractivity contribution >= 4 is 17.5 Å². The number of nitrogens with zero attached hydrogens (tertiary/aromatic N) is 3. The Hall–Kier alpha value is -3.55. The number of halogens is 1. The Morgan fingerprint density at radius 3 is 2.90 bits per heavy atom. The van der Waals surface area contributed by atoms with Gasteiger partial charge < -0.3 is 25.8 Å². The number of methoxy groups -OCH3 is 1. The highest BCUT2D eigenvalue weighted by Gasteiger charge is 2.42. The molecule has 0 saturated carbocycles. The molecular weight excluding hydrogens is 405 g/mol. The first-order valence-corrected chi connectivity index (χ1v) is 9.46. The van der Waals surface area contributed by atoms with Crippen molar-refractivity contribution in [3.8, 4) is 23.2 Å². The van der Waals surface area contributed by atoms with Gasteiger partial charge in [0.25, 0.3) is 11.8 Å². The van der Waals surface area contributed by atoms with Crippen LogP contribution in [0.15, 0.2) is 24.4 Å². The fourth-order valence-electron chi connectivity index (χ4n) is 3.04. The standard InChI is InChI=1S/C21H22FN5O4/c1-27-9-7-21(30,20(27)29)6-5-13-3-4-15(22)14(11-13)19-25-12-16(24-8-10-31-2)17(26-19)18(23)28/h3-4,11-12,24,30H,7-10H2,1-2H3,(H2,23,28). The van der Waals surface area contributed by atoms with E-state index < -0.39 is 23.2 Å². The fourth-order valence-corrected chi connectivity index (χ4v) is 3.04. The van der Waals surface area contributed by atoms with E-state index in [1.165, 1.54) is 36.4 Å². The van der Waals surface area contributed by atoms with Crippen LogP contribution >= 0.6 is 0 Å². The van der Waals surface area contributed by atoms with Gasteiger partial charge in [-0.1, -0.05) is 11.8 Å². The number of benzene rings is 1. The third-order valence-electron chi connectivity index (χ3n) is 4.77. The van der Waals surface area contributed by atoms with E-state index in [9.17, 15) is 19.1 Å². The van der Waals surface area contributed by atoms with Crippen LogP contribution in [0.1, 0.15) is 22.5 Å². The largest absolute Gasteiger partial charge is 0.383 e. The minimum atomic E-state index is -1.77. The van der Waals surface area contributed by atoms with E-state index >= 15 is 0 Å². The van der Waals surface area contributed by atoms with Crippen molar-refractivity contribution in [2.24, 2.45) is 5.73 Å². The van der Waals surface area contributed by atoms with Crippen molar-refractivity contribution < 1.29 is 23.8 Å². The fraction of sp³-hybridized carbons (Fsp3) is 0.333. The number of likely N-dealkylation sites (tertiary alicyclic amines) is 1. The van der Waals surface area contributed by atoms with Gasteiger partial charge in [0.2, 0.25) is 5.60 Å². The van der Waals surface area contributed by atoms with Gasteiger partial charge in [-0.25, -0.2) is 14.4 Å². The number of carbonyl (C=O) groups excluding carboxylic acids is 2. The number of anilines is 1. The van der Waals surface area contributed by atoms with Gasteiger partial charge in [-0.2, -0.15) is 0 Å². The minimum Gasteiger partial charge on any atom is -0.383 e. The SMILES string of the molecule is COCCNc1cnc(-c2cc(C#CC3(O)CCN(C)C3=O)ccc2F)nc1C(N)=O. The van der Waals surface area contributed by atoms with Gasteiger partial charge >= 0.3 is 0 Å². The Labute approximate surface area is 178 Å². The topological polar surface area (TPSA) is 131 Å². The molecule has 1 saturated heterocycles. The molecule has 2 heterocycles. The molecule has 9 nitrogen and oxygen atoms in total. The van der Waals surface area contributed by atoms with E-state index in [-0.39, 0.29) is 23.5 Å². The number of aromatic nitrogens is 2.